The van der Waals surface area contributed by atoms with Crippen molar-refractivity contribution >= 4 is 23.2 Å². The van der Waals surface area contributed by atoms with Crippen LogP contribution in [0.5, 0.6) is 5.75 Å². The molecule has 2 aromatic rings. The lowest BCUT2D eigenvalue weighted by atomic mass is 10.0. The molecule has 6 heteroatoms. The second kappa shape index (κ2) is 10.3. The van der Waals surface area contributed by atoms with E-state index in [1.54, 1.807) is 18.2 Å². The van der Waals surface area contributed by atoms with Crippen LogP contribution in [-0.4, -0.2) is 48.4 Å². The van der Waals surface area contributed by atoms with Gasteiger partial charge in [-0.15, -0.1) is 0 Å². The van der Waals surface area contributed by atoms with Crippen molar-refractivity contribution in [1.82, 2.24) is 10.2 Å². The van der Waals surface area contributed by atoms with Crippen molar-refractivity contribution in [2.45, 2.75) is 31.5 Å². The van der Waals surface area contributed by atoms with E-state index < -0.39 is 6.10 Å². The molecule has 1 atom stereocenters. The standard InChI is InChI=1S/C21H26Cl2N2O2/c22-20-7-6-19(12-21(20)23)27-15-18(26)13-24-17-8-10-25(11-9-17)14-16-4-2-1-3-5-16/h1-7,12,17-18,24,26H,8-11,13-15H2. The number of hydrogen-bond acceptors (Lipinski definition) is 4. The predicted molar refractivity (Wildman–Crippen MR) is 111 cm³/mol. The third-order valence-electron chi connectivity index (χ3n) is 4.81. The fraction of sp³-hybridized carbons (Fsp3) is 0.429. The summed E-state index contributed by atoms with van der Waals surface area (Å²) in [5.41, 5.74) is 1.36. The summed E-state index contributed by atoms with van der Waals surface area (Å²) >= 11 is 11.8. The van der Waals surface area contributed by atoms with Gasteiger partial charge in [-0.25, -0.2) is 0 Å². The number of aliphatic hydroxyl groups excluding tert-OH is 1. The fourth-order valence-corrected chi connectivity index (χ4v) is 3.55. The molecule has 1 unspecified atom stereocenters. The number of ether oxygens (including phenoxy) is 1. The van der Waals surface area contributed by atoms with Crippen LogP contribution in [0.2, 0.25) is 10.0 Å². The number of nitrogens with zero attached hydrogens (tertiary/aromatic N) is 1. The zero-order valence-electron chi connectivity index (χ0n) is 15.3. The van der Waals surface area contributed by atoms with Gasteiger partial charge in [-0.3, -0.25) is 4.90 Å². The molecule has 4 nitrogen and oxygen atoms in total. The molecule has 146 valence electrons. The largest absolute Gasteiger partial charge is 0.491 e. The lowest BCUT2D eigenvalue weighted by molar-refractivity contribution is 0.0979. The Hall–Kier alpha value is -1.30. The highest BCUT2D eigenvalue weighted by Crippen LogP contribution is 2.26. The second-order valence-corrected chi connectivity index (χ2v) is 7.80. The van der Waals surface area contributed by atoms with Crippen LogP contribution in [-0.2, 0) is 6.54 Å². The van der Waals surface area contributed by atoms with E-state index in [2.05, 4.69) is 40.5 Å². The zero-order chi connectivity index (χ0) is 19.1. The van der Waals surface area contributed by atoms with E-state index >= 15 is 0 Å². The topological polar surface area (TPSA) is 44.7 Å². The summed E-state index contributed by atoms with van der Waals surface area (Å²) in [6.45, 7) is 3.89. The molecule has 2 aromatic carbocycles. The molecule has 0 bridgehead atoms. The lowest BCUT2D eigenvalue weighted by Gasteiger charge is -2.33. The third-order valence-corrected chi connectivity index (χ3v) is 5.55. The van der Waals surface area contributed by atoms with Crippen molar-refractivity contribution in [3.63, 3.8) is 0 Å². The summed E-state index contributed by atoms with van der Waals surface area (Å²) < 4.78 is 5.59. The van der Waals surface area contributed by atoms with E-state index in [1.807, 2.05) is 0 Å². The first-order valence-corrected chi connectivity index (χ1v) is 10.1. The quantitative estimate of drug-likeness (QED) is 0.692. The van der Waals surface area contributed by atoms with Crippen molar-refractivity contribution in [2.24, 2.45) is 0 Å². The van der Waals surface area contributed by atoms with Gasteiger partial charge in [-0.1, -0.05) is 53.5 Å². The molecule has 27 heavy (non-hydrogen) atoms. The molecule has 0 amide bonds. The summed E-state index contributed by atoms with van der Waals surface area (Å²) in [5.74, 6) is 0.609. The zero-order valence-corrected chi connectivity index (χ0v) is 16.8. The predicted octanol–water partition coefficient (Wildman–Crippen LogP) is 3.99. The van der Waals surface area contributed by atoms with Crippen LogP contribution in [0.25, 0.3) is 0 Å². The van der Waals surface area contributed by atoms with Gasteiger partial charge in [0, 0.05) is 25.2 Å². The van der Waals surface area contributed by atoms with Crippen molar-refractivity contribution < 1.29 is 9.84 Å². The smallest absolute Gasteiger partial charge is 0.121 e. The Bertz CT molecular complexity index is 707. The Labute approximate surface area is 171 Å². The maximum atomic E-state index is 10.2. The fourth-order valence-electron chi connectivity index (χ4n) is 3.26. The number of nitrogens with one attached hydrogen (secondary N) is 1. The van der Waals surface area contributed by atoms with Gasteiger partial charge >= 0.3 is 0 Å². The summed E-state index contributed by atoms with van der Waals surface area (Å²) in [6, 6.07) is 16.1. The Morgan fingerprint density at radius 3 is 2.52 bits per heavy atom. The SMILES string of the molecule is OC(CNC1CCN(Cc2ccccc2)CC1)COc1ccc(Cl)c(Cl)c1. The highest BCUT2D eigenvalue weighted by atomic mass is 35.5. The number of hydrogen-bond donors (Lipinski definition) is 2. The molecular formula is C21H26Cl2N2O2. The van der Waals surface area contributed by atoms with Crippen molar-refractivity contribution in [1.29, 1.82) is 0 Å². The van der Waals surface area contributed by atoms with Crippen LogP contribution in [0.4, 0.5) is 0 Å². The van der Waals surface area contributed by atoms with Gasteiger partial charge in [0.2, 0.25) is 0 Å². The van der Waals surface area contributed by atoms with Gasteiger partial charge in [0.25, 0.3) is 0 Å². The highest BCUT2D eigenvalue weighted by Gasteiger charge is 2.19. The molecule has 1 fully saturated rings. The van der Waals surface area contributed by atoms with Crippen LogP contribution in [0.1, 0.15) is 18.4 Å². The molecule has 1 saturated heterocycles. The van der Waals surface area contributed by atoms with E-state index in [0.29, 0.717) is 28.4 Å². The van der Waals surface area contributed by atoms with Crippen molar-refractivity contribution in [3.05, 3.63) is 64.1 Å². The first-order chi connectivity index (χ1) is 13.1. The number of aliphatic hydroxyl groups is 1. The van der Waals surface area contributed by atoms with E-state index in [4.69, 9.17) is 27.9 Å². The van der Waals surface area contributed by atoms with Crippen LogP contribution in [0.15, 0.2) is 48.5 Å². The van der Waals surface area contributed by atoms with E-state index in [0.717, 1.165) is 32.5 Å². The normalized spacial score (nSPS) is 17.0. The molecule has 2 N–H and O–H groups in total. The number of likely N-dealkylation sites (tertiary alicyclic amines) is 1. The molecule has 0 saturated carbocycles. The Morgan fingerprint density at radius 2 is 1.81 bits per heavy atom. The number of rotatable bonds is 8. The van der Waals surface area contributed by atoms with E-state index in [-0.39, 0.29) is 6.61 Å². The van der Waals surface area contributed by atoms with Gasteiger partial charge in [-0.05, 0) is 43.6 Å². The summed E-state index contributed by atoms with van der Waals surface area (Å²) in [7, 11) is 0. The molecule has 0 radical (unpaired) electrons. The van der Waals surface area contributed by atoms with Crippen LogP contribution < -0.4 is 10.1 Å². The highest BCUT2D eigenvalue weighted by molar-refractivity contribution is 6.42. The summed E-state index contributed by atoms with van der Waals surface area (Å²) in [6.07, 6.45) is 1.61. The van der Waals surface area contributed by atoms with Gasteiger partial charge in [0.1, 0.15) is 18.5 Å². The van der Waals surface area contributed by atoms with Gasteiger partial charge in [0.15, 0.2) is 0 Å². The number of benzene rings is 2. The third kappa shape index (κ3) is 6.66. The molecule has 1 heterocycles. The van der Waals surface area contributed by atoms with Crippen molar-refractivity contribution in [3.8, 4) is 5.75 Å². The minimum absolute atomic E-state index is 0.220. The Kier molecular flexibility index (Phi) is 7.80. The van der Waals surface area contributed by atoms with Crippen LogP contribution in [0, 0.1) is 0 Å². The average molecular weight is 409 g/mol. The molecule has 0 aliphatic carbocycles. The van der Waals surface area contributed by atoms with Gasteiger partial charge in [-0.2, -0.15) is 0 Å². The van der Waals surface area contributed by atoms with E-state index in [9.17, 15) is 5.11 Å². The van der Waals surface area contributed by atoms with Gasteiger partial charge < -0.3 is 15.2 Å². The van der Waals surface area contributed by atoms with E-state index in [1.165, 1.54) is 5.56 Å². The molecule has 0 aromatic heterocycles. The Morgan fingerprint density at radius 1 is 1.07 bits per heavy atom. The first-order valence-electron chi connectivity index (χ1n) is 9.36. The molecule has 1 aliphatic rings. The van der Waals surface area contributed by atoms with Gasteiger partial charge in [0.05, 0.1) is 10.0 Å². The summed E-state index contributed by atoms with van der Waals surface area (Å²) in [5, 5.41) is 14.6. The van der Waals surface area contributed by atoms with Crippen molar-refractivity contribution in [2.75, 3.05) is 26.2 Å². The molecule has 0 spiro atoms. The molecular weight excluding hydrogens is 383 g/mol. The first kappa shape index (κ1) is 20.4. The monoisotopic (exact) mass is 408 g/mol. The lowest BCUT2D eigenvalue weighted by Crippen LogP contribution is -2.45. The minimum atomic E-state index is -0.568. The molecule has 1 aliphatic heterocycles. The van der Waals surface area contributed by atoms with Crippen LogP contribution in [0.3, 0.4) is 0 Å². The maximum Gasteiger partial charge on any atom is 0.121 e. The minimum Gasteiger partial charge on any atom is -0.491 e. The van der Waals surface area contributed by atoms with Crippen LogP contribution >= 0.6 is 23.2 Å². The molecule has 3 rings (SSSR count). The number of piperidine rings is 1. The average Bonchev–Trinajstić information content (AvgIpc) is 2.69. The Balaban J connectivity index is 1.32. The number of halogens is 2. The second-order valence-electron chi connectivity index (χ2n) is 6.99. The maximum absolute atomic E-state index is 10.2. The summed E-state index contributed by atoms with van der Waals surface area (Å²) in [4.78, 5) is 2.48.